The highest BCUT2D eigenvalue weighted by atomic mass is 16.5. The highest BCUT2D eigenvalue weighted by Gasteiger charge is 2.08. The number of amides is 1. The molecule has 0 aromatic heterocycles. The SMILES string of the molecule is CCOc1ccc(NC(=O)CCCC(=O)O)cc1CO. The Labute approximate surface area is 117 Å². The lowest BCUT2D eigenvalue weighted by atomic mass is 10.1. The van der Waals surface area contributed by atoms with Crippen molar-refractivity contribution in [2.45, 2.75) is 32.8 Å². The zero-order valence-corrected chi connectivity index (χ0v) is 11.4. The number of aliphatic hydroxyl groups excluding tert-OH is 1. The van der Waals surface area contributed by atoms with Crippen LogP contribution in [0.15, 0.2) is 18.2 Å². The number of nitrogens with one attached hydrogen (secondary N) is 1. The molecule has 0 aliphatic rings. The summed E-state index contributed by atoms with van der Waals surface area (Å²) < 4.78 is 5.34. The first-order chi connectivity index (χ1) is 9.56. The fourth-order valence-electron chi connectivity index (χ4n) is 1.70. The topological polar surface area (TPSA) is 95.9 Å². The number of carboxylic acid groups (broad SMARTS) is 1. The molecule has 20 heavy (non-hydrogen) atoms. The van der Waals surface area contributed by atoms with Crippen molar-refractivity contribution in [2.75, 3.05) is 11.9 Å². The molecule has 3 N–H and O–H groups in total. The van der Waals surface area contributed by atoms with Crippen LogP contribution in [0, 0.1) is 0 Å². The van der Waals surface area contributed by atoms with Gasteiger partial charge in [-0.1, -0.05) is 0 Å². The Bertz CT molecular complexity index is 473. The molecule has 0 saturated heterocycles. The van der Waals surface area contributed by atoms with Gasteiger partial charge in [0.05, 0.1) is 13.2 Å². The van der Waals surface area contributed by atoms with Gasteiger partial charge in [0.15, 0.2) is 0 Å². The Morgan fingerprint density at radius 2 is 2.05 bits per heavy atom. The average Bonchev–Trinajstić information content (AvgIpc) is 2.40. The average molecular weight is 281 g/mol. The summed E-state index contributed by atoms with van der Waals surface area (Å²) in [5, 5.41) is 20.4. The van der Waals surface area contributed by atoms with E-state index in [4.69, 9.17) is 9.84 Å². The van der Waals surface area contributed by atoms with Crippen LogP contribution in [0.5, 0.6) is 5.75 Å². The predicted molar refractivity (Wildman–Crippen MR) is 73.7 cm³/mol. The first kappa shape index (κ1) is 16.0. The van der Waals surface area contributed by atoms with Gasteiger partial charge in [-0.05, 0) is 31.5 Å². The van der Waals surface area contributed by atoms with Crippen molar-refractivity contribution in [3.63, 3.8) is 0 Å². The zero-order valence-electron chi connectivity index (χ0n) is 11.4. The van der Waals surface area contributed by atoms with E-state index in [0.29, 0.717) is 30.0 Å². The monoisotopic (exact) mass is 281 g/mol. The van der Waals surface area contributed by atoms with Gasteiger partial charge < -0.3 is 20.3 Å². The summed E-state index contributed by atoms with van der Waals surface area (Å²) in [7, 11) is 0. The highest BCUT2D eigenvalue weighted by molar-refractivity contribution is 5.91. The van der Waals surface area contributed by atoms with E-state index in [-0.39, 0.29) is 25.4 Å². The van der Waals surface area contributed by atoms with Crippen molar-refractivity contribution in [1.82, 2.24) is 0 Å². The third-order valence-electron chi connectivity index (χ3n) is 2.61. The predicted octanol–water partition coefficient (Wildman–Crippen LogP) is 1.77. The maximum Gasteiger partial charge on any atom is 0.303 e. The molecule has 0 unspecified atom stereocenters. The van der Waals surface area contributed by atoms with Crippen molar-refractivity contribution in [3.8, 4) is 5.75 Å². The van der Waals surface area contributed by atoms with Crippen LogP contribution in [0.25, 0.3) is 0 Å². The molecule has 0 bridgehead atoms. The summed E-state index contributed by atoms with van der Waals surface area (Å²) in [5.74, 6) is -0.584. The minimum absolute atomic E-state index is 0.0292. The van der Waals surface area contributed by atoms with Crippen LogP contribution >= 0.6 is 0 Å². The number of carbonyl (C=O) groups is 2. The van der Waals surface area contributed by atoms with Crippen LogP contribution in [0.3, 0.4) is 0 Å². The lowest BCUT2D eigenvalue weighted by Gasteiger charge is -2.11. The summed E-state index contributed by atoms with van der Waals surface area (Å²) >= 11 is 0. The summed E-state index contributed by atoms with van der Waals surface area (Å²) in [5.41, 5.74) is 1.15. The molecule has 6 heteroatoms. The fraction of sp³-hybridized carbons (Fsp3) is 0.429. The molecule has 6 nitrogen and oxygen atoms in total. The van der Waals surface area contributed by atoms with Gasteiger partial charge in [-0.25, -0.2) is 0 Å². The van der Waals surface area contributed by atoms with Crippen molar-refractivity contribution in [2.24, 2.45) is 0 Å². The van der Waals surface area contributed by atoms with Crippen LogP contribution in [0.2, 0.25) is 0 Å². The number of hydrogen-bond donors (Lipinski definition) is 3. The molecule has 0 radical (unpaired) electrons. The first-order valence-corrected chi connectivity index (χ1v) is 6.45. The molecule has 1 aromatic carbocycles. The van der Waals surface area contributed by atoms with Gasteiger partial charge in [-0.2, -0.15) is 0 Å². The van der Waals surface area contributed by atoms with Gasteiger partial charge in [0.1, 0.15) is 5.75 Å². The standard InChI is InChI=1S/C14H19NO5/c1-2-20-12-7-6-11(8-10(12)9-16)15-13(17)4-3-5-14(18)19/h6-8,16H,2-5,9H2,1H3,(H,15,17)(H,18,19). The fourth-order valence-corrected chi connectivity index (χ4v) is 1.70. The second kappa shape index (κ2) is 8.16. The minimum Gasteiger partial charge on any atom is -0.494 e. The van der Waals surface area contributed by atoms with Crippen molar-refractivity contribution < 1.29 is 24.5 Å². The minimum atomic E-state index is -0.915. The third-order valence-corrected chi connectivity index (χ3v) is 2.61. The number of ether oxygens (including phenoxy) is 1. The van der Waals surface area contributed by atoms with Gasteiger partial charge in [-0.3, -0.25) is 9.59 Å². The van der Waals surface area contributed by atoms with E-state index in [9.17, 15) is 14.7 Å². The summed E-state index contributed by atoms with van der Waals surface area (Å²) in [6, 6.07) is 5.00. The Balaban J connectivity index is 2.59. The number of hydrogen-bond acceptors (Lipinski definition) is 4. The van der Waals surface area contributed by atoms with E-state index >= 15 is 0 Å². The van der Waals surface area contributed by atoms with Crippen LogP contribution in [0.4, 0.5) is 5.69 Å². The van der Waals surface area contributed by atoms with E-state index in [1.807, 2.05) is 6.92 Å². The number of carboxylic acids is 1. The van der Waals surface area contributed by atoms with Gasteiger partial charge in [-0.15, -0.1) is 0 Å². The largest absolute Gasteiger partial charge is 0.494 e. The maximum atomic E-state index is 11.6. The van der Waals surface area contributed by atoms with E-state index < -0.39 is 5.97 Å². The Morgan fingerprint density at radius 3 is 2.65 bits per heavy atom. The van der Waals surface area contributed by atoms with Crippen molar-refractivity contribution >= 4 is 17.6 Å². The molecule has 0 spiro atoms. The molecule has 0 fully saturated rings. The number of anilines is 1. The molecule has 0 aliphatic carbocycles. The Kier molecular flexibility index (Phi) is 6.52. The summed E-state index contributed by atoms with van der Waals surface area (Å²) in [6.45, 7) is 2.16. The molecule has 0 aliphatic heterocycles. The molecule has 1 amide bonds. The molecule has 0 saturated carbocycles. The molecule has 0 atom stereocenters. The number of aliphatic hydroxyl groups is 1. The number of rotatable bonds is 8. The lowest BCUT2D eigenvalue weighted by Crippen LogP contribution is -2.12. The Hall–Kier alpha value is -2.08. The number of benzene rings is 1. The molecular formula is C14H19NO5. The summed E-state index contributed by atoms with van der Waals surface area (Å²) in [6.07, 6.45) is 0.414. The van der Waals surface area contributed by atoms with Gasteiger partial charge >= 0.3 is 5.97 Å². The quantitative estimate of drug-likeness (QED) is 0.675. The van der Waals surface area contributed by atoms with Crippen molar-refractivity contribution in [1.29, 1.82) is 0 Å². The maximum absolute atomic E-state index is 11.6. The Morgan fingerprint density at radius 1 is 1.30 bits per heavy atom. The van der Waals surface area contributed by atoms with Crippen LogP contribution in [-0.2, 0) is 16.2 Å². The van der Waals surface area contributed by atoms with Crippen LogP contribution < -0.4 is 10.1 Å². The third kappa shape index (κ3) is 5.27. The molecule has 1 aromatic rings. The van der Waals surface area contributed by atoms with Crippen molar-refractivity contribution in [3.05, 3.63) is 23.8 Å². The zero-order chi connectivity index (χ0) is 15.0. The van der Waals surface area contributed by atoms with Gasteiger partial charge in [0.25, 0.3) is 0 Å². The molecule has 1 rings (SSSR count). The lowest BCUT2D eigenvalue weighted by molar-refractivity contribution is -0.137. The number of aliphatic carboxylic acids is 1. The normalized spacial score (nSPS) is 10.1. The van der Waals surface area contributed by atoms with Crippen LogP contribution in [0.1, 0.15) is 31.7 Å². The van der Waals surface area contributed by atoms with E-state index in [1.165, 1.54) is 0 Å². The van der Waals surface area contributed by atoms with Gasteiger partial charge in [0.2, 0.25) is 5.91 Å². The second-order valence-electron chi connectivity index (χ2n) is 4.21. The van der Waals surface area contributed by atoms with E-state index in [0.717, 1.165) is 0 Å². The second-order valence-corrected chi connectivity index (χ2v) is 4.21. The molecule has 0 heterocycles. The number of carbonyl (C=O) groups excluding carboxylic acids is 1. The van der Waals surface area contributed by atoms with Crippen LogP contribution in [-0.4, -0.2) is 28.7 Å². The molecule has 110 valence electrons. The molecular weight excluding hydrogens is 262 g/mol. The van der Waals surface area contributed by atoms with E-state index in [2.05, 4.69) is 5.32 Å². The highest BCUT2D eigenvalue weighted by Crippen LogP contribution is 2.23. The van der Waals surface area contributed by atoms with E-state index in [1.54, 1.807) is 18.2 Å². The summed E-state index contributed by atoms with van der Waals surface area (Å²) in [4.78, 5) is 22.0. The van der Waals surface area contributed by atoms with Gasteiger partial charge in [0, 0.05) is 24.1 Å². The first-order valence-electron chi connectivity index (χ1n) is 6.45. The smallest absolute Gasteiger partial charge is 0.303 e.